The number of ketones is 1. The van der Waals surface area contributed by atoms with Gasteiger partial charge in [-0.2, -0.15) is 0 Å². The van der Waals surface area contributed by atoms with Gasteiger partial charge in [0.25, 0.3) is 0 Å². The van der Waals surface area contributed by atoms with Gasteiger partial charge in [-0.05, 0) is 55.0 Å². The first kappa shape index (κ1) is 29.5. The number of ether oxygens (including phenoxy) is 3. The highest BCUT2D eigenvalue weighted by molar-refractivity contribution is 6.12. The minimum absolute atomic E-state index is 0.169. The van der Waals surface area contributed by atoms with E-state index < -0.39 is 0 Å². The second-order valence-corrected chi connectivity index (χ2v) is 9.24. The number of aryl methyl sites for hydroxylation is 1. The van der Waals surface area contributed by atoms with Crippen LogP contribution < -0.4 is 9.47 Å². The van der Waals surface area contributed by atoms with Crippen LogP contribution >= 0.6 is 0 Å². The molecule has 0 radical (unpaired) electrons. The Kier molecular flexibility index (Phi) is 14.4. The molecular formula is C32H46O4. The predicted octanol–water partition coefficient (Wildman–Crippen LogP) is 8.82. The van der Waals surface area contributed by atoms with Crippen LogP contribution in [-0.4, -0.2) is 25.6 Å². The minimum Gasteiger partial charge on any atom is -0.490 e. The minimum atomic E-state index is -0.169. The molecule has 0 saturated carbocycles. The molecule has 0 atom stereocenters. The average molecular weight is 495 g/mol. The van der Waals surface area contributed by atoms with E-state index in [4.69, 9.17) is 14.2 Å². The second kappa shape index (κ2) is 17.6. The quantitative estimate of drug-likeness (QED) is 0.0847. The van der Waals surface area contributed by atoms with E-state index in [2.05, 4.69) is 39.8 Å². The predicted molar refractivity (Wildman–Crippen MR) is 150 cm³/mol. The highest BCUT2D eigenvalue weighted by atomic mass is 16.5. The van der Waals surface area contributed by atoms with Crippen LogP contribution in [0.3, 0.4) is 0 Å². The molecule has 2 aromatic rings. The molecule has 0 amide bonds. The van der Waals surface area contributed by atoms with E-state index in [1.54, 1.807) is 0 Å². The number of carbonyl (C=O) groups is 1. The number of Topliss-reactive ketones (excluding diaryl/α,β-unsaturated/α-hetero) is 1. The Bertz CT molecular complexity index is 932. The van der Waals surface area contributed by atoms with Crippen molar-refractivity contribution in [3.05, 3.63) is 64.9 Å². The molecule has 2 rings (SSSR count). The van der Waals surface area contributed by atoms with E-state index in [0.717, 1.165) is 69.8 Å². The molecule has 0 fully saturated rings. The smallest absolute Gasteiger partial charge is 0.231 e. The van der Waals surface area contributed by atoms with Crippen molar-refractivity contribution in [3.8, 4) is 11.5 Å². The van der Waals surface area contributed by atoms with Gasteiger partial charge in [-0.1, -0.05) is 96.6 Å². The Balaban J connectivity index is 2.39. The van der Waals surface area contributed by atoms with Crippen molar-refractivity contribution in [3.63, 3.8) is 0 Å². The topological polar surface area (TPSA) is 44.8 Å². The summed E-state index contributed by atoms with van der Waals surface area (Å²) >= 11 is 0. The third kappa shape index (κ3) is 10.1. The van der Waals surface area contributed by atoms with E-state index in [0.29, 0.717) is 42.6 Å². The first-order valence-corrected chi connectivity index (χ1v) is 14.0. The van der Waals surface area contributed by atoms with Gasteiger partial charge in [-0.15, -0.1) is 0 Å². The van der Waals surface area contributed by atoms with Gasteiger partial charge in [0.15, 0.2) is 17.3 Å². The van der Waals surface area contributed by atoms with Crippen molar-refractivity contribution in [1.29, 1.82) is 0 Å². The number of para-hydroxylation sites is 1. The number of carbonyl (C=O) groups excluding carboxylic acids is 1. The molecule has 4 heteroatoms. The van der Waals surface area contributed by atoms with Crippen molar-refractivity contribution in [2.24, 2.45) is 0 Å². The van der Waals surface area contributed by atoms with Crippen LogP contribution in [0, 0.1) is 0 Å². The summed E-state index contributed by atoms with van der Waals surface area (Å²) in [6.07, 6.45) is 12.2. The van der Waals surface area contributed by atoms with Gasteiger partial charge in [0.1, 0.15) is 0 Å². The first-order valence-electron chi connectivity index (χ1n) is 14.0. The van der Waals surface area contributed by atoms with Gasteiger partial charge < -0.3 is 14.2 Å². The fourth-order valence-corrected chi connectivity index (χ4v) is 3.91. The second-order valence-electron chi connectivity index (χ2n) is 9.24. The summed E-state index contributed by atoms with van der Waals surface area (Å²) in [6, 6.07) is 13.8. The van der Waals surface area contributed by atoms with Gasteiger partial charge in [0.05, 0.1) is 25.4 Å². The summed E-state index contributed by atoms with van der Waals surface area (Å²) in [7, 11) is 0. The Morgan fingerprint density at radius 2 is 1.39 bits per heavy atom. The summed E-state index contributed by atoms with van der Waals surface area (Å²) in [5.74, 6) is 1.34. The van der Waals surface area contributed by atoms with Crippen molar-refractivity contribution in [2.45, 2.75) is 91.9 Å². The lowest BCUT2D eigenvalue weighted by Crippen LogP contribution is -2.12. The van der Waals surface area contributed by atoms with Gasteiger partial charge in [-0.3, -0.25) is 4.79 Å². The van der Waals surface area contributed by atoms with E-state index in [1.165, 1.54) is 5.56 Å². The van der Waals surface area contributed by atoms with Gasteiger partial charge >= 0.3 is 0 Å². The molecule has 36 heavy (non-hydrogen) atoms. The zero-order valence-electron chi connectivity index (χ0n) is 22.9. The lowest BCUT2D eigenvalue weighted by Gasteiger charge is -2.17. The van der Waals surface area contributed by atoms with E-state index in [-0.39, 0.29) is 5.78 Å². The fraction of sp³-hybridized carbons (Fsp3) is 0.531. The molecule has 0 aliphatic rings. The van der Waals surface area contributed by atoms with Crippen molar-refractivity contribution < 1.29 is 19.0 Å². The molecule has 0 unspecified atom stereocenters. The Morgan fingerprint density at radius 1 is 0.750 bits per heavy atom. The van der Waals surface area contributed by atoms with Gasteiger partial charge in [-0.25, -0.2) is 0 Å². The SMILES string of the molecule is CCCCCOC(=Cc1cccc(CC)c1)C(=O)c1cccc(OCCCCC)c1OCCCCC. The molecule has 0 aliphatic carbocycles. The number of unbranched alkanes of at least 4 members (excludes halogenated alkanes) is 6. The van der Waals surface area contributed by atoms with Gasteiger partial charge in [0.2, 0.25) is 5.78 Å². The number of benzene rings is 2. The molecule has 0 aromatic heterocycles. The maximum absolute atomic E-state index is 13.9. The Morgan fingerprint density at radius 3 is 2.06 bits per heavy atom. The van der Waals surface area contributed by atoms with Crippen LogP contribution in [-0.2, 0) is 11.2 Å². The average Bonchev–Trinajstić information content (AvgIpc) is 2.91. The number of rotatable bonds is 19. The van der Waals surface area contributed by atoms with Crippen LogP contribution in [0.2, 0.25) is 0 Å². The standard InChI is InChI=1S/C32H46O4/c1-5-9-12-21-34-29-20-16-19-28(32(29)36-23-14-11-7-3)31(33)30(35-22-13-10-6-2)25-27-18-15-17-26(8-4)24-27/h15-20,24-25H,5-14,21-23H2,1-4H3. The molecule has 198 valence electrons. The van der Waals surface area contributed by atoms with E-state index in [1.807, 2.05) is 36.4 Å². The van der Waals surface area contributed by atoms with E-state index in [9.17, 15) is 4.79 Å². The maximum atomic E-state index is 13.9. The first-order chi connectivity index (χ1) is 17.6. The van der Waals surface area contributed by atoms with Gasteiger partial charge in [0, 0.05) is 0 Å². The van der Waals surface area contributed by atoms with Crippen LogP contribution in [0.15, 0.2) is 48.2 Å². The van der Waals surface area contributed by atoms with Crippen molar-refractivity contribution in [1.82, 2.24) is 0 Å². The normalized spacial score (nSPS) is 11.4. The molecular weight excluding hydrogens is 448 g/mol. The number of allylic oxidation sites excluding steroid dienone is 1. The number of hydrogen-bond donors (Lipinski definition) is 0. The lowest BCUT2D eigenvalue weighted by atomic mass is 10.0. The maximum Gasteiger partial charge on any atom is 0.231 e. The van der Waals surface area contributed by atoms with Crippen LogP contribution in [0.25, 0.3) is 6.08 Å². The third-order valence-corrected chi connectivity index (χ3v) is 6.11. The molecule has 4 nitrogen and oxygen atoms in total. The summed E-state index contributed by atoms with van der Waals surface area (Å²) in [6.45, 7) is 10.3. The molecule has 2 aromatic carbocycles. The molecule has 0 aliphatic heterocycles. The summed E-state index contributed by atoms with van der Waals surface area (Å²) < 4.78 is 18.4. The summed E-state index contributed by atoms with van der Waals surface area (Å²) in [5.41, 5.74) is 2.68. The molecule has 0 spiro atoms. The van der Waals surface area contributed by atoms with Crippen LogP contribution in [0.5, 0.6) is 11.5 Å². The fourth-order valence-electron chi connectivity index (χ4n) is 3.91. The molecule has 0 N–H and O–H groups in total. The Labute approximate surface area is 219 Å². The van der Waals surface area contributed by atoms with Crippen LogP contribution in [0.4, 0.5) is 0 Å². The van der Waals surface area contributed by atoms with E-state index >= 15 is 0 Å². The summed E-state index contributed by atoms with van der Waals surface area (Å²) in [5, 5.41) is 0. The zero-order valence-corrected chi connectivity index (χ0v) is 22.9. The lowest BCUT2D eigenvalue weighted by molar-refractivity contribution is 0.0914. The highest BCUT2D eigenvalue weighted by Crippen LogP contribution is 2.34. The zero-order chi connectivity index (χ0) is 26.0. The van der Waals surface area contributed by atoms with Crippen LogP contribution in [0.1, 0.15) is 107 Å². The van der Waals surface area contributed by atoms with Crippen molar-refractivity contribution in [2.75, 3.05) is 19.8 Å². The van der Waals surface area contributed by atoms with Crippen molar-refractivity contribution >= 4 is 11.9 Å². The number of hydrogen-bond acceptors (Lipinski definition) is 4. The summed E-state index contributed by atoms with van der Waals surface area (Å²) in [4.78, 5) is 13.9. The third-order valence-electron chi connectivity index (χ3n) is 6.11. The largest absolute Gasteiger partial charge is 0.490 e. The Hall–Kier alpha value is -2.75. The molecule has 0 bridgehead atoms. The molecule has 0 saturated heterocycles. The monoisotopic (exact) mass is 494 g/mol. The molecule has 0 heterocycles. The highest BCUT2D eigenvalue weighted by Gasteiger charge is 2.22.